The molecule has 1 atom stereocenters. The molecule has 3 nitrogen and oxygen atoms in total. The van der Waals surface area contributed by atoms with Gasteiger partial charge < -0.3 is 4.74 Å². The summed E-state index contributed by atoms with van der Waals surface area (Å²) in [5.74, 6) is 0.234. The topological polar surface area (TPSA) is 29.5 Å². The van der Waals surface area contributed by atoms with E-state index in [1.807, 2.05) is 0 Å². The zero-order valence-corrected chi connectivity index (χ0v) is 7.88. The van der Waals surface area contributed by atoms with Crippen molar-refractivity contribution in [3.8, 4) is 0 Å². The molecule has 3 heteroatoms. The van der Waals surface area contributed by atoms with Gasteiger partial charge in [-0.1, -0.05) is 13.8 Å². The van der Waals surface area contributed by atoms with Gasteiger partial charge in [-0.05, 0) is 13.1 Å². The fourth-order valence-corrected chi connectivity index (χ4v) is 1.66. The van der Waals surface area contributed by atoms with Crippen molar-refractivity contribution in [1.82, 2.24) is 4.90 Å². The molecule has 1 aliphatic heterocycles. The van der Waals surface area contributed by atoms with Crippen LogP contribution >= 0.6 is 0 Å². The maximum absolute atomic E-state index is 11.1. The monoisotopic (exact) mass is 171 g/mol. The highest BCUT2D eigenvalue weighted by Crippen LogP contribution is 2.10. The number of ketones is 1. The molecule has 0 aromatic carbocycles. The molecule has 0 aromatic rings. The molecule has 0 aromatic heterocycles. The van der Waals surface area contributed by atoms with E-state index >= 15 is 0 Å². The van der Waals surface area contributed by atoms with Crippen molar-refractivity contribution in [2.45, 2.75) is 26.3 Å². The second kappa shape index (κ2) is 4.58. The second-order valence-corrected chi connectivity index (χ2v) is 3.13. The van der Waals surface area contributed by atoms with E-state index in [-0.39, 0.29) is 5.78 Å². The number of ether oxygens (including phenoxy) is 1. The quantitative estimate of drug-likeness (QED) is 0.625. The van der Waals surface area contributed by atoms with Crippen LogP contribution in [0.15, 0.2) is 0 Å². The third kappa shape index (κ3) is 2.29. The molecular weight excluding hydrogens is 154 g/mol. The second-order valence-electron chi connectivity index (χ2n) is 3.13. The predicted molar refractivity (Wildman–Crippen MR) is 47.2 cm³/mol. The van der Waals surface area contributed by atoms with Crippen molar-refractivity contribution >= 4 is 5.78 Å². The summed E-state index contributed by atoms with van der Waals surface area (Å²) < 4.78 is 5.19. The first-order valence-electron chi connectivity index (χ1n) is 4.61. The molecule has 0 bridgehead atoms. The first-order chi connectivity index (χ1) is 5.77. The lowest BCUT2D eigenvalue weighted by molar-refractivity contribution is -0.130. The largest absolute Gasteiger partial charge is 0.372 e. The molecule has 70 valence electrons. The number of hydrogen-bond acceptors (Lipinski definition) is 3. The average Bonchev–Trinajstić information content (AvgIpc) is 2.07. The van der Waals surface area contributed by atoms with Gasteiger partial charge in [0, 0.05) is 12.5 Å². The summed E-state index contributed by atoms with van der Waals surface area (Å²) in [6.45, 7) is 7.26. The highest BCUT2D eigenvalue weighted by atomic mass is 16.5. The van der Waals surface area contributed by atoms with Crippen LogP contribution in [0.4, 0.5) is 0 Å². The Morgan fingerprint density at radius 1 is 1.50 bits per heavy atom. The van der Waals surface area contributed by atoms with Crippen LogP contribution in [-0.2, 0) is 9.53 Å². The van der Waals surface area contributed by atoms with Gasteiger partial charge in [-0.15, -0.1) is 0 Å². The van der Waals surface area contributed by atoms with Crippen molar-refractivity contribution in [1.29, 1.82) is 0 Å². The van der Waals surface area contributed by atoms with E-state index in [2.05, 4.69) is 18.7 Å². The van der Waals surface area contributed by atoms with Crippen LogP contribution in [-0.4, -0.2) is 43.0 Å². The van der Waals surface area contributed by atoms with Gasteiger partial charge in [0.1, 0.15) is 6.61 Å². The minimum absolute atomic E-state index is 0.234. The van der Waals surface area contributed by atoms with Crippen LogP contribution in [0.25, 0.3) is 0 Å². The summed E-state index contributed by atoms with van der Waals surface area (Å²) >= 11 is 0. The maximum Gasteiger partial charge on any atom is 0.160 e. The van der Waals surface area contributed by atoms with Crippen molar-refractivity contribution in [2.75, 3.05) is 26.3 Å². The summed E-state index contributed by atoms with van der Waals surface area (Å²) in [7, 11) is 0. The average molecular weight is 171 g/mol. The van der Waals surface area contributed by atoms with Crippen LogP contribution in [0.3, 0.4) is 0 Å². The number of hydrogen-bond donors (Lipinski definition) is 0. The fraction of sp³-hybridized carbons (Fsp3) is 0.889. The molecule has 1 unspecified atom stereocenters. The molecule has 0 N–H and O–H groups in total. The first-order valence-corrected chi connectivity index (χ1v) is 4.61. The normalized spacial score (nSPS) is 24.9. The summed E-state index contributed by atoms with van der Waals surface area (Å²) in [6, 6.07) is 0.321. The molecule has 1 aliphatic rings. The van der Waals surface area contributed by atoms with Gasteiger partial charge in [0.25, 0.3) is 0 Å². The smallest absolute Gasteiger partial charge is 0.160 e. The SMILES string of the molecule is CCN(CC)C1COCC(=O)C1. The molecule has 1 rings (SSSR count). The van der Waals surface area contributed by atoms with E-state index in [1.54, 1.807) is 0 Å². The Kier molecular flexibility index (Phi) is 3.69. The predicted octanol–water partition coefficient (Wildman–Crippen LogP) is 0.686. The molecule has 0 aliphatic carbocycles. The van der Waals surface area contributed by atoms with Crippen LogP contribution in [0.2, 0.25) is 0 Å². The Labute approximate surface area is 73.7 Å². The van der Waals surface area contributed by atoms with Crippen LogP contribution in [0.1, 0.15) is 20.3 Å². The van der Waals surface area contributed by atoms with E-state index in [1.165, 1.54) is 0 Å². The number of likely N-dealkylation sites (N-methyl/N-ethyl adjacent to an activating group) is 1. The van der Waals surface area contributed by atoms with Crippen LogP contribution < -0.4 is 0 Å². The lowest BCUT2D eigenvalue weighted by Crippen LogP contribution is -2.43. The van der Waals surface area contributed by atoms with Gasteiger partial charge in [0.05, 0.1) is 6.61 Å². The van der Waals surface area contributed by atoms with E-state index < -0.39 is 0 Å². The Morgan fingerprint density at radius 3 is 2.67 bits per heavy atom. The minimum atomic E-state index is 0.234. The zero-order chi connectivity index (χ0) is 8.97. The highest BCUT2D eigenvalue weighted by molar-refractivity contribution is 5.80. The molecule has 1 heterocycles. The number of carbonyl (C=O) groups excluding carboxylic acids is 1. The Balaban J connectivity index is 2.43. The van der Waals surface area contributed by atoms with E-state index in [0.717, 1.165) is 13.1 Å². The molecule has 1 saturated heterocycles. The van der Waals surface area contributed by atoms with Gasteiger partial charge in [-0.3, -0.25) is 9.69 Å². The van der Waals surface area contributed by atoms with Crippen LogP contribution in [0, 0.1) is 0 Å². The molecule has 1 fully saturated rings. The first kappa shape index (κ1) is 9.68. The van der Waals surface area contributed by atoms with Crippen molar-refractivity contribution < 1.29 is 9.53 Å². The van der Waals surface area contributed by atoms with Gasteiger partial charge >= 0.3 is 0 Å². The van der Waals surface area contributed by atoms with Gasteiger partial charge in [-0.2, -0.15) is 0 Å². The standard InChI is InChI=1S/C9H17NO2/c1-3-10(4-2)8-5-9(11)7-12-6-8/h8H,3-7H2,1-2H3. The molecular formula is C9H17NO2. The van der Waals surface area contributed by atoms with Gasteiger partial charge in [0.2, 0.25) is 0 Å². The van der Waals surface area contributed by atoms with Crippen molar-refractivity contribution in [2.24, 2.45) is 0 Å². The summed E-state index contributed by atoms with van der Waals surface area (Å²) in [5.41, 5.74) is 0. The fourth-order valence-electron chi connectivity index (χ4n) is 1.66. The number of Topliss-reactive ketones (excluding diaryl/α,β-unsaturated/α-hetero) is 1. The van der Waals surface area contributed by atoms with E-state index in [4.69, 9.17) is 4.74 Å². The molecule has 0 radical (unpaired) electrons. The lowest BCUT2D eigenvalue weighted by Gasteiger charge is -2.31. The maximum atomic E-state index is 11.1. The zero-order valence-electron chi connectivity index (χ0n) is 7.88. The van der Waals surface area contributed by atoms with Crippen LogP contribution in [0.5, 0.6) is 0 Å². The van der Waals surface area contributed by atoms with E-state index in [9.17, 15) is 4.79 Å². The third-order valence-electron chi connectivity index (χ3n) is 2.37. The van der Waals surface area contributed by atoms with Gasteiger partial charge in [-0.25, -0.2) is 0 Å². The number of nitrogens with zero attached hydrogens (tertiary/aromatic N) is 1. The lowest BCUT2D eigenvalue weighted by atomic mass is 10.1. The molecule has 0 amide bonds. The summed E-state index contributed by atoms with van der Waals surface area (Å²) in [5, 5.41) is 0. The van der Waals surface area contributed by atoms with Crippen molar-refractivity contribution in [3.63, 3.8) is 0 Å². The molecule has 0 spiro atoms. The molecule has 0 saturated carbocycles. The Bertz CT molecular complexity index is 155. The van der Waals surface area contributed by atoms with E-state index in [0.29, 0.717) is 25.7 Å². The number of carbonyl (C=O) groups is 1. The summed E-state index contributed by atoms with van der Waals surface area (Å²) in [6.07, 6.45) is 0.668. The van der Waals surface area contributed by atoms with Gasteiger partial charge in [0.15, 0.2) is 5.78 Å². The Morgan fingerprint density at radius 2 is 2.17 bits per heavy atom. The number of rotatable bonds is 3. The van der Waals surface area contributed by atoms with Crippen molar-refractivity contribution in [3.05, 3.63) is 0 Å². The minimum Gasteiger partial charge on any atom is -0.372 e. The summed E-state index contributed by atoms with van der Waals surface area (Å²) in [4.78, 5) is 13.3. The Hall–Kier alpha value is -0.410. The highest BCUT2D eigenvalue weighted by Gasteiger charge is 2.23. The third-order valence-corrected chi connectivity index (χ3v) is 2.37. The molecule has 12 heavy (non-hydrogen) atoms.